The molecule has 2 rings (SSSR count). The summed E-state index contributed by atoms with van der Waals surface area (Å²) in [6.45, 7) is 1.82. The van der Waals surface area contributed by atoms with Gasteiger partial charge in [0, 0.05) is 11.6 Å². The highest BCUT2D eigenvalue weighted by Gasteiger charge is 2.52. The molecule has 1 saturated carbocycles. The van der Waals surface area contributed by atoms with E-state index < -0.39 is 20.5 Å². The van der Waals surface area contributed by atoms with E-state index in [9.17, 15) is 13.2 Å². The highest BCUT2D eigenvalue weighted by molar-refractivity contribution is 7.93. The molecule has 1 aliphatic rings. The summed E-state index contributed by atoms with van der Waals surface area (Å²) in [6.07, 6.45) is 1.97. The zero-order valence-corrected chi connectivity index (χ0v) is 14.5. The van der Waals surface area contributed by atoms with Crippen LogP contribution in [0.2, 0.25) is 5.02 Å². The third-order valence-corrected chi connectivity index (χ3v) is 7.02. The highest BCUT2D eigenvalue weighted by Crippen LogP contribution is 2.41. The Balaban J connectivity index is 2.35. The van der Waals surface area contributed by atoms with Crippen LogP contribution in [0.1, 0.15) is 32.6 Å². The van der Waals surface area contributed by atoms with Crippen molar-refractivity contribution >= 4 is 27.3 Å². The van der Waals surface area contributed by atoms with Gasteiger partial charge in [0.25, 0.3) is 0 Å². The maximum atomic E-state index is 13.1. The predicted molar refractivity (Wildman–Crippen MR) is 87.6 cm³/mol. The maximum absolute atomic E-state index is 13.1. The van der Waals surface area contributed by atoms with Gasteiger partial charge >= 0.3 is 0 Å². The molecule has 0 bridgehead atoms. The second-order valence-corrected chi connectivity index (χ2v) is 8.60. The van der Waals surface area contributed by atoms with Crippen LogP contribution in [0.4, 0.5) is 0 Å². The van der Waals surface area contributed by atoms with Gasteiger partial charge in [-0.2, -0.15) is 5.26 Å². The Labute approximate surface area is 141 Å². The van der Waals surface area contributed by atoms with Crippen molar-refractivity contribution in [3.63, 3.8) is 0 Å². The van der Waals surface area contributed by atoms with Crippen molar-refractivity contribution in [3.8, 4) is 6.07 Å². The lowest BCUT2D eigenvalue weighted by molar-refractivity contribution is -0.123. The second kappa shape index (κ2) is 6.90. The van der Waals surface area contributed by atoms with Gasteiger partial charge in [0.15, 0.2) is 14.6 Å². The molecule has 1 amide bonds. The van der Waals surface area contributed by atoms with Gasteiger partial charge in [0.05, 0.1) is 16.9 Å². The van der Waals surface area contributed by atoms with E-state index in [0.717, 1.165) is 0 Å². The van der Waals surface area contributed by atoms with Crippen LogP contribution in [0, 0.1) is 17.2 Å². The Kier molecular flexibility index (Phi) is 5.33. The number of nitriles is 1. The molecule has 5 nitrogen and oxygen atoms in total. The summed E-state index contributed by atoms with van der Waals surface area (Å²) in [5, 5.41) is 11.9. The van der Waals surface area contributed by atoms with Gasteiger partial charge in [0.2, 0.25) is 5.91 Å². The van der Waals surface area contributed by atoms with Gasteiger partial charge in [-0.3, -0.25) is 4.79 Å². The van der Waals surface area contributed by atoms with Crippen LogP contribution in [0.5, 0.6) is 0 Å². The van der Waals surface area contributed by atoms with Crippen molar-refractivity contribution in [1.82, 2.24) is 5.32 Å². The lowest BCUT2D eigenvalue weighted by Crippen LogP contribution is -2.51. The van der Waals surface area contributed by atoms with E-state index in [2.05, 4.69) is 5.32 Å². The van der Waals surface area contributed by atoms with Gasteiger partial charge < -0.3 is 5.32 Å². The Hall–Kier alpha value is -1.58. The first-order chi connectivity index (χ1) is 10.8. The summed E-state index contributed by atoms with van der Waals surface area (Å²) in [5.74, 6) is -0.873. The van der Waals surface area contributed by atoms with Crippen molar-refractivity contribution in [2.45, 2.75) is 42.2 Å². The number of halogens is 1. The van der Waals surface area contributed by atoms with E-state index in [1.807, 2.05) is 6.07 Å². The van der Waals surface area contributed by atoms with E-state index in [4.69, 9.17) is 16.9 Å². The summed E-state index contributed by atoms with van der Waals surface area (Å²) in [7, 11) is -3.82. The number of carbonyl (C=O) groups excluding carboxylic acids is 1. The predicted octanol–water partition coefficient (Wildman–Crippen LogP) is 2.70. The number of sulfone groups is 1. The average molecular weight is 355 g/mol. The first-order valence-corrected chi connectivity index (χ1v) is 9.38. The van der Waals surface area contributed by atoms with E-state index in [-0.39, 0.29) is 17.4 Å². The average Bonchev–Trinajstić information content (AvgIpc) is 3.04. The lowest BCUT2D eigenvalue weighted by atomic mass is 10.1. The van der Waals surface area contributed by atoms with Gasteiger partial charge in [-0.05, 0) is 44.0 Å². The molecule has 0 radical (unpaired) electrons. The van der Waals surface area contributed by atoms with Crippen LogP contribution in [0.15, 0.2) is 29.2 Å². The molecule has 1 unspecified atom stereocenters. The molecule has 0 heterocycles. The molecule has 124 valence electrons. The van der Waals surface area contributed by atoms with E-state index in [0.29, 0.717) is 30.7 Å². The summed E-state index contributed by atoms with van der Waals surface area (Å²) < 4.78 is 24.7. The van der Waals surface area contributed by atoms with Gasteiger partial charge in [-0.15, -0.1) is 0 Å². The number of hydrogen-bond acceptors (Lipinski definition) is 4. The van der Waals surface area contributed by atoms with Crippen molar-refractivity contribution in [2.24, 2.45) is 5.92 Å². The number of rotatable bonds is 5. The fourth-order valence-corrected chi connectivity index (χ4v) is 5.07. The summed E-state index contributed by atoms with van der Waals surface area (Å²) in [5.41, 5.74) is 0. The molecule has 1 fully saturated rings. The van der Waals surface area contributed by atoms with Crippen LogP contribution in [-0.4, -0.2) is 25.6 Å². The van der Waals surface area contributed by atoms with E-state index >= 15 is 0 Å². The quantitative estimate of drug-likeness (QED) is 0.880. The van der Waals surface area contributed by atoms with E-state index in [1.165, 1.54) is 24.3 Å². The van der Waals surface area contributed by atoms with Crippen LogP contribution < -0.4 is 5.32 Å². The zero-order chi connectivity index (χ0) is 17.1. The molecule has 0 saturated heterocycles. The monoisotopic (exact) mass is 354 g/mol. The largest absolute Gasteiger partial charge is 0.353 e. The molecule has 1 N–H and O–H groups in total. The first-order valence-electron chi connectivity index (χ1n) is 7.51. The normalized spacial score (nSPS) is 18.1. The summed E-state index contributed by atoms with van der Waals surface area (Å²) >= 11 is 5.81. The van der Waals surface area contributed by atoms with Crippen molar-refractivity contribution in [2.75, 3.05) is 6.54 Å². The first kappa shape index (κ1) is 17.8. The number of nitrogens with zero attached hydrogens (tertiary/aromatic N) is 1. The molecular formula is C16H19ClN2O3S. The fraction of sp³-hybridized carbons (Fsp3) is 0.500. The minimum atomic E-state index is -3.82. The maximum Gasteiger partial charge on any atom is 0.241 e. The molecule has 0 spiro atoms. The second-order valence-electron chi connectivity index (χ2n) is 5.90. The Morgan fingerprint density at radius 2 is 1.91 bits per heavy atom. The number of amides is 1. The summed E-state index contributed by atoms with van der Waals surface area (Å²) in [4.78, 5) is 12.8. The molecular weight excluding hydrogens is 336 g/mol. The van der Waals surface area contributed by atoms with Crippen molar-refractivity contribution < 1.29 is 13.2 Å². The Bertz CT molecular complexity index is 717. The van der Waals surface area contributed by atoms with Crippen LogP contribution in [0.25, 0.3) is 0 Å². The van der Waals surface area contributed by atoms with Crippen molar-refractivity contribution in [1.29, 1.82) is 5.26 Å². The number of benzene rings is 1. The van der Waals surface area contributed by atoms with Crippen molar-refractivity contribution in [3.05, 3.63) is 29.3 Å². The van der Waals surface area contributed by atoms with Crippen LogP contribution in [-0.2, 0) is 14.6 Å². The van der Waals surface area contributed by atoms with Gasteiger partial charge in [-0.25, -0.2) is 8.42 Å². The smallest absolute Gasteiger partial charge is 0.241 e. The standard InChI is InChI=1S/C16H19ClN2O3S/c1-12(10-18)11-19-15(20)16(8-2-3-9-16)23(21,22)14-6-4-13(17)5-7-14/h4-7,12H,2-3,8-9,11H2,1H3,(H,19,20). The molecule has 1 aromatic carbocycles. The third kappa shape index (κ3) is 3.36. The van der Waals surface area contributed by atoms with E-state index in [1.54, 1.807) is 6.92 Å². The van der Waals surface area contributed by atoms with Crippen LogP contribution >= 0.6 is 11.6 Å². The lowest BCUT2D eigenvalue weighted by Gasteiger charge is -2.28. The van der Waals surface area contributed by atoms with Gasteiger partial charge in [0.1, 0.15) is 0 Å². The SMILES string of the molecule is CC(C#N)CNC(=O)C1(S(=O)(=O)c2ccc(Cl)cc2)CCCC1. The zero-order valence-electron chi connectivity index (χ0n) is 12.9. The minimum Gasteiger partial charge on any atom is -0.353 e. The molecule has 0 aromatic heterocycles. The number of hydrogen-bond donors (Lipinski definition) is 1. The number of nitrogens with one attached hydrogen (secondary N) is 1. The minimum absolute atomic E-state index is 0.104. The summed E-state index contributed by atoms with van der Waals surface area (Å²) in [6, 6.07) is 7.90. The number of carbonyl (C=O) groups is 1. The molecule has 1 atom stereocenters. The Morgan fingerprint density at radius 1 is 1.35 bits per heavy atom. The molecule has 1 aromatic rings. The topological polar surface area (TPSA) is 87.0 Å². The molecule has 7 heteroatoms. The fourth-order valence-electron chi connectivity index (χ4n) is 2.86. The molecule has 0 aliphatic heterocycles. The molecule has 1 aliphatic carbocycles. The Morgan fingerprint density at radius 3 is 2.43 bits per heavy atom. The third-order valence-electron chi connectivity index (χ3n) is 4.25. The molecule has 23 heavy (non-hydrogen) atoms. The van der Waals surface area contributed by atoms with Gasteiger partial charge in [-0.1, -0.05) is 24.4 Å². The highest BCUT2D eigenvalue weighted by atomic mass is 35.5. The van der Waals surface area contributed by atoms with Crippen LogP contribution in [0.3, 0.4) is 0 Å².